The molecule has 62 heavy (non-hydrogen) atoms. The molecule has 3 aliphatic heterocycles. The maximum atomic E-state index is 12.4. The molecule has 0 amide bonds. The van der Waals surface area contributed by atoms with Crippen LogP contribution in [0.15, 0.2) is 77.6 Å². The van der Waals surface area contributed by atoms with Crippen LogP contribution in [0.3, 0.4) is 0 Å². The molecular weight excluding hydrogens is 916 g/mol. The minimum atomic E-state index is -4.51. The average Bonchev–Trinajstić information content (AvgIpc) is 3.80. The van der Waals surface area contributed by atoms with E-state index in [0.29, 0.717) is 41.0 Å². The van der Waals surface area contributed by atoms with E-state index in [2.05, 4.69) is 16.9 Å². The van der Waals surface area contributed by atoms with E-state index >= 15 is 0 Å². The van der Waals surface area contributed by atoms with Gasteiger partial charge < -0.3 is 38.9 Å². The Morgan fingerprint density at radius 2 is 1.24 bits per heavy atom. The highest BCUT2D eigenvalue weighted by Crippen LogP contribution is 2.43. The van der Waals surface area contributed by atoms with Crippen molar-refractivity contribution < 1.29 is 52.0 Å². The summed E-state index contributed by atoms with van der Waals surface area (Å²) in [6.07, 6.45) is -3.96. The maximum absolute atomic E-state index is 12.4. The number of allylic oxidation sites excluding steroid dienone is 1. The SMILES string of the molecule is C=C(c1cc(Cl)c(OCC)c(Cl)c1)C(F)(F)F.CC1(C)OB(O)c2ccc(/C(Cl)=N/O)cc21.CCOc1c(Cl)cc(C2(C)CC(c3ccc4c(c3)C(C)(C)OB4O)=NO2)cc1Cl. The minimum absolute atomic E-state index is 0.0139. The van der Waals surface area contributed by atoms with E-state index in [1.165, 1.54) is 0 Å². The van der Waals surface area contributed by atoms with E-state index in [0.717, 1.165) is 51.0 Å². The van der Waals surface area contributed by atoms with E-state index < -0.39 is 42.8 Å². The van der Waals surface area contributed by atoms with E-state index in [9.17, 15) is 23.2 Å². The lowest BCUT2D eigenvalue weighted by Gasteiger charge is -2.23. The molecule has 0 spiro atoms. The van der Waals surface area contributed by atoms with E-state index in [1.807, 2.05) is 71.9 Å². The molecule has 0 bridgehead atoms. The Bertz CT molecular complexity index is 2370. The van der Waals surface area contributed by atoms with Crippen LogP contribution < -0.4 is 20.4 Å². The average molecular weight is 959 g/mol. The summed E-state index contributed by atoms with van der Waals surface area (Å²) < 4.78 is 59.0. The lowest BCUT2D eigenvalue weighted by atomic mass is 9.77. The van der Waals surface area contributed by atoms with Crippen LogP contribution in [0, 0.1) is 0 Å². The standard InChI is InChI=1S/C21H22BCl2NO4.C11H9Cl2F3O.C10H11BClNO3/c1-5-27-19-16(23)9-13(10-17(19)24)21(4)11-18(25-29-21)12-6-7-15-14(8-12)20(2,3)28-22(15)26;1-3-17-10-8(12)4-7(5-9(10)13)6(2)11(14,15)16;1-10(2)7-5-6(9(12)13-15)3-4-8(7)11(14)16-10/h6-10,26H,5,11H2,1-4H3;4-5H,2-3H2,1H3;3-5,14-15H,1-2H3/b;;13-9-. The third-order valence-corrected chi connectivity index (χ3v) is 11.6. The zero-order valence-corrected chi connectivity index (χ0v) is 38.3. The van der Waals surface area contributed by atoms with Crippen LogP contribution in [0.1, 0.15) is 88.3 Å². The summed E-state index contributed by atoms with van der Waals surface area (Å²) in [6, 6.07) is 16.9. The molecule has 0 aromatic heterocycles. The van der Waals surface area contributed by atoms with Crippen molar-refractivity contribution in [3.63, 3.8) is 0 Å². The van der Waals surface area contributed by atoms with Gasteiger partial charge in [0.05, 0.1) is 55.8 Å². The highest BCUT2D eigenvalue weighted by molar-refractivity contribution is 6.69. The van der Waals surface area contributed by atoms with Crippen LogP contribution in [0.25, 0.3) is 5.57 Å². The topological polar surface area (TPSA) is 132 Å². The maximum Gasteiger partial charge on any atom is 0.492 e. The molecule has 3 heterocycles. The van der Waals surface area contributed by atoms with Crippen LogP contribution in [0.2, 0.25) is 20.1 Å². The zero-order valence-electron chi connectivity index (χ0n) is 34.6. The fourth-order valence-electron chi connectivity index (χ4n) is 6.94. The Hall–Kier alpha value is -3.63. The molecule has 20 heteroatoms. The number of alkyl halides is 3. The molecule has 330 valence electrons. The van der Waals surface area contributed by atoms with Gasteiger partial charge in [0.25, 0.3) is 0 Å². The van der Waals surface area contributed by atoms with Crippen LogP contribution in [-0.2, 0) is 30.9 Å². The fraction of sp³-hybridized carbons (Fsp3) is 0.333. The van der Waals surface area contributed by atoms with Crippen molar-refractivity contribution >= 4 is 99.6 Å². The monoisotopic (exact) mass is 956 g/mol. The minimum Gasteiger partial charge on any atom is -0.491 e. The number of rotatable bonds is 8. The van der Waals surface area contributed by atoms with Crippen molar-refractivity contribution in [2.24, 2.45) is 10.3 Å². The molecule has 3 N–H and O–H groups in total. The van der Waals surface area contributed by atoms with Crippen molar-refractivity contribution in [1.29, 1.82) is 0 Å². The van der Waals surface area contributed by atoms with Crippen LogP contribution in [0.5, 0.6) is 11.5 Å². The van der Waals surface area contributed by atoms with Gasteiger partial charge in [-0.15, -0.1) is 0 Å². The summed E-state index contributed by atoms with van der Waals surface area (Å²) in [4.78, 5) is 5.85. The predicted octanol–water partition coefficient (Wildman–Crippen LogP) is 10.4. The molecule has 0 saturated heterocycles. The van der Waals surface area contributed by atoms with Gasteiger partial charge >= 0.3 is 20.4 Å². The lowest BCUT2D eigenvalue weighted by molar-refractivity contribution is -0.0686. The molecule has 0 saturated carbocycles. The number of hydrogen-bond donors (Lipinski definition) is 3. The molecule has 7 rings (SSSR count). The number of benzene rings is 4. The van der Waals surface area contributed by atoms with E-state index in [4.69, 9.17) is 86.8 Å². The van der Waals surface area contributed by atoms with Gasteiger partial charge in [0.15, 0.2) is 22.3 Å². The van der Waals surface area contributed by atoms with E-state index in [-0.39, 0.29) is 26.5 Å². The molecule has 0 radical (unpaired) electrons. The number of halogens is 8. The van der Waals surface area contributed by atoms with Gasteiger partial charge in [-0.05, 0) is 118 Å². The molecule has 4 aromatic rings. The Labute approximate surface area is 383 Å². The smallest absolute Gasteiger partial charge is 0.491 e. The molecule has 4 aromatic carbocycles. The number of oxime groups is 2. The highest BCUT2D eigenvalue weighted by Gasteiger charge is 2.43. The van der Waals surface area contributed by atoms with Gasteiger partial charge in [0.1, 0.15) is 0 Å². The van der Waals surface area contributed by atoms with Crippen molar-refractivity contribution in [3.8, 4) is 11.5 Å². The Kier molecular flexibility index (Phi) is 15.3. The van der Waals surface area contributed by atoms with Gasteiger partial charge in [-0.25, -0.2) is 0 Å². The fourth-order valence-corrected chi connectivity index (χ4v) is 8.25. The van der Waals surface area contributed by atoms with Crippen molar-refractivity contribution in [2.45, 2.75) is 77.9 Å². The summed E-state index contributed by atoms with van der Waals surface area (Å²) in [6.45, 7) is 16.9. The number of fused-ring (bicyclic) bond motifs is 2. The van der Waals surface area contributed by atoms with E-state index in [1.54, 1.807) is 25.1 Å². The van der Waals surface area contributed by atoms with Crippen molar-refractivity contribution in [2.75, 3.05) is 13.2 Å². The number of ether oxygens (including phenoxy) is 2. The molecule has 1 unspecified atom stereocenters. The van der Waals surface area contributed by atoms with Gasteiger partial charge in [0, 0.05) is 17.5 Å². The molecule has 1 atom stereocenters. The van der Waals surface area contributed by atoms with Crippen LogP contribution in [-0.4, -0.2) is 59.8 Å². The number of hydrogen-bond acceptors (Lipinski definition) is 10. The summed E-state index contributed by atoms with van der Waals surface area (Å²) >= 11 is 30.1. The third-order valence-electron chi connectivity index (χ3n) is 10.1. The van der Waals surface area contributed by atoms with Gasteiger partial charge in [-0.1, -0.05) is 99.2 Å². The quantitative estimate of drug-likeness (QED) is 0.0689. The van der Waals surface area contributed by atoms with Crippen molar-refractivity contribution in [1.82, 2.24) is 0 Å². The second kappa shape index (κ2) is 19.2. The zero-order chi connectivity index (χ0) is 46.1. The summed E-state index contributed by atoms with van der Waals surface area (Å²) in [7, 11) is -1.82. The highest BCUT2D eigenvalue weighted by atomic mass is 35.5. The second-order valence-electron chi connectivity index (χ2n) is 15.4. The largest absolute Gasteiger partial charge is 0.492 e. The number of nitrogens with zero attached hydrogens (tertiary/aromatic N) is 2. The molecule has 0 fully saturated rings. The molecular formula is C42H42B2Cl5F3N2O8. The Morgan fingerprint density at radius 3 is 1.71 bits per heavy atom. The van der Waals surface area contributed by atoms with Gasteiger partial charge in [-0.2, -0.15) is 13.2 Å². The first-order valence-corrected chi connectivity index (χ1v) is 20.9. The summed E-state index contributed by atoms with van der Waals surface area (Å²) in [5.74, 6) is 0.649. The Balaban J connectivity index is 0.000000189. The normalized spacial score (nSPS) is 18.4. The first kappa shape index (κ1) is 49.4. The molecule has 10 nitrogen and oxygen atoms in total. The van der Waals surface area contributed by atoms with Gasteiger partial charge in [0.2, 0.25) is 0 Å². The second-order valence-corrected chi connectivity index (χ2v) is 17.4. The first-order chi connectivity index (χ1) is 28.9. The third kappa shape index (κ3) is 10.7. The summed E-state index contributed by atoms with van der Waals surface area (Å²) in [5.41, 5.74) is 3.46. The Morgan fingerprint density at radius 1 is 0.774 bits per heavy atom. The first-order valence-electron chi connectivity index (χ1n) is 19.0. The van der Waals surface area contributed by atoms with Crippen LogP contribution in [0.4, 0.5) is 13.2 Å². The molecule has 3 aliphatic rings. The van der Waals surface area contributed by atoms with Crippen molar-refractivity contribution in [3.05, 3.63) is 121 Å². The summed E-state index contributed by atoms with van der Waals surface area (Å²) in [5, 5.41) is 36.6. The molecule has 0 aliphatic carbocycles. The van der Waals surface area contributed by atoms with Gasteiger partial charge in [-0.3, -0.25) is 0 Å². The predicted molar refractivity (Wildman–Crippen MR) is 240 cm³/mol. The lowest BCUT2D eigenvalue weighted by Crippen LogP contribution is -2.28. The van der Waals surface area contributed by atoms with Crippen LogP contribution >= 0.6 is 58.0 Å².